The first kappa shape index (κ1) is 13.3. The van der Waals surface area contributed by atoms with E-state index in [1.807, 2.05) is 25.1 Å². The minimum atomic E-state index is -0.802. The third-order valence-corrected chi connectivity index (χ3v) is 3.08. The summed E-state index contributed by atoms with van der Waals surface area (Å²) in [5.74, 6) is -1.06. The van der Waals surface area contributed by atoms with E-state index in [0.717, 1.165) is 22.3 Å². The maximum atomic E-state index is 12.9. The molecule has 0 aliphatic heterocycles. The standard InChI is InChI=1S/C16H15FO2/c1-11-2-3-12(4-9-16(18)19)10-15(11)13-5-7-14(17)8-6-13/h2-3,5-8,10H,4,9H2,1H3,(H,18,19). The number of carbonyl (C=O) groups is 1. The zero-order valence-corrected chi connectivity index (χ0v) is 10.7. The van der Waals surface area contributed by atoms with Gasteiger partial charge in [0.1, 0.15) is 5.82 Å². The third kappa shape index (κ3) is 3.41. The van der Waals surface area contributed by atoms with Gasteiger partial charge in [0.05, 0.1) is 0 Å². The van der Waals surface area contributed by atoms with Crippen LogP contribution in [0.5, 0.6) is 0 Å². The summed E-state index contributed by atoms with van der Waals surface area (Å²) < 4.78 is 12.9. The van der Waals surface area contributed by atoms with Gasteiger partial charge < -0.3 is 5.11 Å². The average molecular weight is 258 g/mol. The Bertz CT molecular complexity index is 588. The molecule has 0 amide bonds. The van der Waals surface area contributed by atoms with E-state index < -0.39 is 5.97 Å². The number of aryl methyl sites for hydroxylation is 2. The molecule has 0 saturated heterocycles. The van der Waals surface area contributed by atoms with Crippen molar-refractivity contribution in [2.45, 2.75) is 19.8 Å². The summed E-state index contributed by atoms with van der Waals surface area (Å²) in [5.41, 5.74) is 4.02. The number of benzene rings is 2. The lowest BCUT2D eigenvalue weighted by molar-refractivity contribution is -0.136. The van der Waals surface area contributed by atoms with Crippen molar-refractivity contribution in [2.24, 2.45) is 0 Å². The molecule has 0 spiro atoms. The molecule has 0 bridgehead atoms. The smallest absolute Gasteiger partial charge is 0.303 e. The van der Waals surface area contributed by atoms with Crippen LogP contribution in [0.4, 0.5) is 4.39 Å². The number of halogens is 1. The van der Waals surface area contributed by atoms with Gasteiger partial charge in [0.25, 0.3) is 0 Å². The van der Waals surface area contributed by atoms with Crippen molar-refractivity contribution in [1.82, 2.24) is 0 Å². The van der Waals surface area contributed by atoms with Crippen LogP contribution in [0, 0.1) is 12.7 Å². The molecule has 0 saturated carbocycles. The predicted molar refractivity (Wildman–Crippen MR) is 72.5 cm³/mol. The quantitative estimate of drug-likeness (QED) is 0.905. The van der Waals surface area contributed by atoms with E-state index in [2.05, 4.69) is 0 Å². The number of rotatable bonds is 4. The normalized spacial score (nSPS) is 10.4. The van der Waals surface area contributed by atoms with Crippen LogP contribution in [-0.4, -0.2) is 11.1 Å². The van der Waals surface area contributed by atoms with Crippen molar-refractivity contribution in [3.05, 3.63) is 59.4 Å². The first-order valence-electron chi connectivity index (χ1n) is 6.13. The second kappa shape index (κ2) is 5.65. The molecule has 0 heterocycles. The Kier molecular flexibility index (Phi) is 3.95. The van der Waals surface area contributed by atoms with Crippen molar-refractivity contribution >= 4 is 5.97 Å². The molecule has 0 fully saturated rings. The monoisotopic (exact) mass is 258 g/mol. The summed E-state index contributed by atoms with van der Waals surface area (Å²) in [6, 6.07) is 12.2. The average Bonchev–Trinajstić information content (AvgIpc) is 2.39. The van der Waals surface area contributed by atoms with Crippen LogP contribution < -0.4 is 0 Å². The maximum absolute atomic E-state index is 12.9. The minimum Gasteiger partial charge on any atom is -0.481 e. The fraction of sp³-hybridized carbons (Fsp3) is 0.188. The van der Waals surface area contributed by atoms with Gasteiger partial charge in [0.15, 0.2) is 0 Å². The molecular weight excluding hydrogens is 243 g/mol. The highest BCUT2D eigenvalue weighted by Crippen LogP contribution is 2.25. The Morgan fingerprint density at radius 3 is 2.47 bits per heavy atom. The summed E-state index contributed by atoms with van der Waals surface area (Å²) in [6.07, 6.45) is 0.621. The zero-order chi connectivity index (χ0) is 13.8. The van der Waals surface area contributed by atoms with E-state index in [1.165, 1.54) is 12.1 Å². The van der Waals surface area contributed by atoms with Crippen molar-refractivity contribution in [1.29, 1.82) is 0 Å². The van der Waals surface area contributed by atoms with Crippen LogP contribution in [0.1, 0.15) is 17.5 Å². The molecule has 0 aromatic heterocycles. The summed E-state index contributed by atoms with van der Waals surface area (Å²) >= 11 is 0. The van der Waals surface area contributed by atoms with Crippen molar-refractivity contribution in [3.63, 3.8) is 0 Å². The molecule has 0 radical (unpaired) electrons. The topological polar surface area (TPSA) is 37.3 Å². The van der Waals surface area contributed by atoms with Crippen LogP contribution in [0.25, 0.3) is 11.1 Å². The largest absolute Gasteiger partial charge is 0.481 e. The lowest BCUT2D eigenvalue weighted by atomic mass is 9.96. The highest BCUT2D eigenvalue weighted by atomic mass is 19.1. The fourth-order valence-electron chi connectivity index (χ4n) is 2.02. The Labute approximate surface area is 111 Å². The van der Waals surface area contributed by atoms with Gasteiger partial charge in [-0.1, -0.05) is 30.3 Å². The molecular formula is C16H15FO2. The van der Waals surface area contributed by atoms with Gasteiger partial charge >= 0.3 is 5.97 Å². The van der Waals surface area contributed by atoms with E-state index in [4.69, 9.17) is 5.11 Å². The first-order chi connectivity index (χ1) is 9.06. The molecule has 2 aromatic carbocycles. The molecule has 2 rings (SSSR count). The second-order valence-electron chi connectivity index (χ2n) is 4.55. The van der Waals surface area contributed by atoms with Crippen molar-refractivity contribution < 1.29 is 14.3 Å². The second-order valence-corrected chi connectivity index (χ2v) is 4.55. The number of hydrogen-bond acceptors (Lipinski definition) is 1. The summed E-state index contributed by atoms with van der Waals surface area (Å²) in [4.78, 5) is 10.6. The van der Waals surface area contributed by atoms with E-state index in [0.29, 0.717) is 6.42 Å². The van der Waals surface area contributed by atoms with Gasteiger partial charge in [-0.2, -0.15) is 0 Å². The Hall–Kier alpha value is -2.16. The van der Waals surface area contributed by atoms with Crippen molar-refractivity contribution in [2.75, 3.05) is 0 Å². The molecule has 98 valence electrons. The SMILES string of the molecule is Cc1ccc(CCC(=O)O)cc1-c1ccc(F)cc1. The highest BCUT2D eigenvalue weighted by molar-refractivity contribution is 5.69. The molecule has 0 unspecified atom stereocenters. The predicted octanol–water partition coefficient (Wildman–Crippen LogP) is 3.82. The van der Waals surface area contributed by atoms with E-state index in [9.17, 15) is 9.18 Å². The molecule has 2 nitrogen and oxygen atoms in total. The molecule has 3 heteroatoms. The maximum Gasteiger partial charge on any atom is 0.303 e. The summed E-state index contributed by atoms with van der Waals surface area (Å²) in [7, 11) is 0. The summed E-state index contributed by atoms with van der Waals surface area (Å²) in [6.45, 7) is 1.99. The molecule has 0 aliphatic carbocycles. The molecule has 0 atom stereocenters. The molecule has 2 aromatic rings. The van der Waals surface area contributed by atoms with Crippen LogP contribution >= 0.6 is 0 Å². The number of hydrogen-bond donors (Lipinski definition) is 1. The fourth-order valence-corrected chi connectivity index (χ4v) is 2.02. The number of carboxylic acid groups (broad SMARTS) is 1. The van der Waals surface area contributed by atoms with E-state index >= 15 is 0 Å². The Morgan fingerprint density at radius 2 is 1.84 bits per heavy atom. The van der Waals surface area contributed by atoms with E-state index in [-0.39, 0.29) is 12.2 Å². The zero-order valence-electron chi connectivity index (χ0n) is 10.7. The first-order valence-corrected chi connectivity index (χ1v) is 6.13. The number of carboxylic acids is 1. The summed E-state index contributed by atoms with van der Waals surface area (Å²) in [5, 5.41) is 8.70. The Balaban J connectivity index is 2.31. The molecule has 19 heavy (non-hydrogen) atoms. The third-order valence-electron chi connectivity index (χ3n) is 3.08. The highest BCUT2D eigenvalue weighted by Gasteiger charge is 2.05. The van der Waals surface area contributed by atoms with Crippen LogP contribution in [0.2, 0.25) is 0 Å². The van der Waals surface area contributed by atoms with Gasteiger partial charge in [-0.25, -0.2) is 4.39 Å². The van der Waals surface area contributed by atoms with Gasteiger partial charge in [-0.3, -0.25) is 4.79 Å². The molecule has 1 N–H and O–H groups in total. The van der Waals surface area contributed by atoms with Crippen LogP contribution in [0.3, 0.4) is 0 Å². The van der Waals surface area contributed by atoms with E-state index in [1.54, 1.807) is 12.1 Å². The van der Waals surface area contributed by atoms with Crippen LogP contribution in [-0.2, 0) is 11.2 Å². The Morgan fingerprint density at radius 1 is 1.16 bits per heavy atom. The van der Waals surface area contributed by atoms with Crippen LogP contribution in [0.15, 0.2) is 42.5 Å². The van der Waals surface area contributed by atoms with Gasteiger partial charge in [-0.05, 0) is 47.7 Å². The minimum absolute atomic E-state index is 0.117. The lowest BCUT2D eigenvalue weighted by Crippen LogP contribution is -1.98. The molecule has 0 aliphatic rings. The van der Waals surface area contributed by atoms with Crippen molar-refractivity contribution in [3.8, 4) is 11.1 Å². The number of aliphatic carboxylic acids is 1. The lowest BCUT2D eigenvalue weighted by Gasteiger charge is -2.09. The van der Waals surface area contributed by atoms with Gasteiger partial charge in [-0.15, -0.1) is 0 Å². The van der Waals surface area contributed by atoms with Gasteiger partial charge in [0.2, 0.25) is 0 Å². The van der Waals surface area contributed by atoms with Gasteiger partial charge in [0, 0.05) is 6.42 Å².